The highest BCUT2D eigenvalue weighted by atomic mass is 15.3. The smallest absolute Gasteiger partial charge is 0.225 e. The van der Waals surface area contributed by atoms with Gasteiger partial charge in [-0.2, -0.15) is 5.10 Å². The molecule has 1 aliphatic heterocycles. The summed E-state index contributed by atoms with van der Waals surface area (Å²) in [4.78, 5) is 14.1. The molecule has 3 heterocycles. The lowest BCUT2D eigenvalue weighted by Crippen LogP contribution is -2.25. The minimum atomic E-state index is 0.288. The van der Waals surface area contributed by atoms with E-state index >= 15 is 0 Å². The maximum atomic E-state index is 5.00. The third-order valence-electron chi connectivity index (χ3n) is 5.68. The molecule has 6 nitrogen and oxygen atoms in total. The third kappa shape index (κ3) is 3.52. The van der Waals surface area contributed by atoms with E-state index in [1.807, 2.05) is 49.2 Å². The SMILES string of the molecule is Cc1c(CN2CCC[C@H]2c2nc(N(C)C)ncc2-c2ccccc2)cnn1C. The van der Waals surface area contributed by atoms with Crippen molar-refractivity contribution in [1.82, 2.24) is 24.6 Å². The molecule has 1 aliphatic rings. The van der Waals surface area contributed by atoms with Gasteiger partial charge >= 0.3 is 0 Å². The Labute approximate surface area is 166 Å². The van der Waals surface area contributed by atoms with E-state index in [0.29, 0.717) is 0 Å². The van der Waals surface area contributed by atoms with E-state index in [1.54, 1.807) is 0 Å². The van der Waals surface area contributed by atoms with Gasteiger partial charge in [-0.15, -0.1) is 0 Å². The third-order valence-corrected chi connectivity index (χ3v) is 5.68. The molecular formula is C22H28N6. The molecule has 0 amide bonds. The fourth-order valence-electron chi connectivity index (χ4n) is 3.94. The topological polar surface area (TPSA) is 50.1 Å². The van der Waals surface area contributed by atoms with Crippen LogP contribution in [0.15, 0.2) is 42.7 Å². The van der Waals surface area contributed by atoms with Gasteiger partial charge in [-0.25, -0.2) is 9.97 Å². The minimum absolute atomic E-state index is 0.288. The molecule has 4 rings (SSSR count). The molecule has 0 spiro atoms. The molecule has 0 saturated carbocycles. The van der Waals surface area contributed by atoms with E-state index < -0.39 is 0 Å². The van der Waals surface area contributed by atoms with Crippen LogP contribution in [0, 0.1) is 6.92 Å². The first-order valence-corrected chi connectivity index (χ1v) is 9.86. The number of benzene rings is 1. The molecule has 0 aliphatic carbocycles. The van der Waals surface area contributed by atoms with Gasteiger partial charge in [0.15, 0.2) is 0 Å². The first kappa shape index (κ1) is 18.6. The van der Waals surface area contributed by atoms with Crippen molar-refractivity contribution in [2.45, 2.75) is 32.4 Å². The van der Waals surface area contributed by atoms with Gasteiger partial charge in [0.1, 0.15) is 0 Å². The van der Waals surface area contributed by atoms with Crippen LogP contribution >= 0.6 is 0 Å². The van der Waals surface area contributed by atoms with Crippen molar-refractivity contribution in [3.05, 3.63) is 59.7 Å². The molecular weight excluding hydrogens is 348 g/mol. The van der Waals surface area contributed by atoms with Crippen molar-refractivity contribution in [3.8, 4) is 11.1 Å². The van der Waals surface area contributed by atoms with Gasteiger partial charge in [0, 0.05) is 50.7 Å². The van der Waals surface area contributed by atoms with E-state index in [4.69, 9.17) is 4.98 Å². The van der Waals surface area contributed by atoms with Crippen LogP contribution in [-0.4, -0.2) is 45.3 Å². The summed E-state index contributed by atoms with van der Waals surface area (Å²) in [5.41, 5.74) is 5.95. The summed E-state index contributed by atoms with van der Waals surface area (Å²) in [6, 6.07) is 10.8. The maximum Gasteiger partial charge on any atom is 0.225 e. The van der Waals surface area contributed by atoms with Gasteiger partial charge < -0.3 is 4.90 Å². The summed E-state index contributed by atoms with van der Waals surface area (Å²) in [5.74, 6) is 0.763. The zero-order valence-electron chi connectivity index (χ0n) is 17.1. The summed E-state index contributed by atoms with van der Waals surface area (Å²) in [6.07, 6.45) is 6.27. The quantitative estimate of drug-likeness (QED) is 0.681. The summed E-state index contributed by atoms with van der Waals surface area (Å²) >= 11 is 0. The molecule has 0 unspecified atom stereocenters. The van der Waals surface area contributed by atoms with Crippen LogP contribution in [-0.2, 0) is 13.6 Å². The van der Waals surface area contributed by atoms with Crippen LogP contribution in [0.2, 0.25) is 0 Å². The standard InChI is InChI=1S/C22H28N6/c1-16-18(13-24-27(16)4)15-28-12-8-11-20(28)21-19(17-9-6-5-7-10-17)14-23-22(25-21)26(2)3/h5-7,9-10,13-14,20H,8,11-12,15H2,1-4H3/t20-/m0/s1. The first-order chi connectivity index (χ1) is 13.5. The van der Waals surface area contributed by atoms with Crippen molar-refractivity contribution in [1.29, 1.82) is 0 Å². The molecule has 3 aromatic rings. The Hall–Kier alpha value is -2.73. The number of nitrogens with zero attached hydrogens (tertiary/aromatic N) is 6. The maximum absolute atomic E-state index is 5.00. The lowest BCUT2D eigenvalue weighted by atomic mass is 9.99. The molecule has 0 bridgehead atoms. The molecule has 6 heteroatoms. The van der Waals surface area contributed by atoms with Crippen molar-refractivity contribution in [2.75, 3.05) is 25.5 Å². The van der Waals surface area contributed by atoms with Gasteiger partial charge in [-0.1, -0.05) is 30.3 Å². The Morgan fingerprint density at radius 3 is 2.61 bits per heavy atom. The van der Waals surface area contributed by atoms with Crippen LogP contribution in [0.3, 0.4) is 0 Å². The summed E-state index contributed by atoms with van der Waals surface area (Å²) in [7, 11) is 5.99. The highest BCUT2D eigenvalue weighted by Gasteiger charge is 2.30. The van der Waals surface area contributed by atoms with Crippen LogP contribution in [0.25, 0.3) is 11.1 Å². The second-order valence-corrected chi connectivity index (χ2v) is 7.74. The average molecular weight is 377 g/mol. The van der Waals surface area contributed by atoms with Gasteiger partial charge in [0.25, 0.3) is 0 Å². The van der Waals surface area contributed by atoms with Crippen molar-refractivity contribution >= 4 is 5.95 Å². The molecule has 146 valence electrons. The number of hydrogen-bond donors (Lipinski definition) is 0. The molecule has 1 saturated heterocycles. The molecule has 0 N–H and O–H groups in total. The molecule has 0 radical (unpaired) electrons. The van der Waals surface area contributed by atoms with E-state index in [0.717, 1.165) is 36.7 Å². The Bertz CT molecular complexity index is 947. The molecule has 28 heavy (non-hydrogen) atoms. The van der Waals surface area contributed by atoms with E-state index in [1.165, 1.54) is 23.2 Å². The molecule has 1 fully saturated rings. The lowest BCUT2D eigenvalue weighted by molar-refractivity contribution is 0.244. The number of aryl methyl sites for hydroxylation is 1. The largest absolute Gasteiger partial charge is 0.347 e. The fraction of sp³-hybridized carbons (Fsp3) is 0.409. The van der Waals surface area contributed by atoms with E-state index in [-0.39, 0.29) is 6.04 Å². The second kappa shape index (κ2) is 7.72. The predicted molar refractivity (Wildman–Crippen MR) is 112 cm³/mol. The van der Waals surface area contributed by atoms with Crippen LogP contribution in [0.4, 0.5) is 5.95 Å². The van der Waals surface area contributed by atoms with Crippen LogP contribution in [0.5, 0.6) is 0 Å². The zero-order chi connectivity index (χ0) is 19.7. The summed E-state index contributed by atoms with van der Waals surface area (Å²) < 4.78 is 1.95. The predicted octanol–water partition coefficient (Wildman–Crippen LogP) is 3.59. The number of likely N-dealkylation sites (tertiary alicyclic amines) is 1. The van der Waals surface area contributed by atoms with Crippen LogP contribution < -0.4 is 4.90 Å². The Kier molecular flexibility index (Phi) is 5.13. The minimum Gasteiger partial charge on any atom is -0.347 e. The molecule has 2 aromatic heterocycles. The fourth-order valence-corrected chi connectivity index (χ4v) is 3.94. The Morgan fingerprint density at radius 2 is 1.93 bits per heavy atom. The Balaban J connectivity index is 1.73. The average Bonchev–Trinajstić information content (AvgIpc) is 3.30. The van der Waals surface area contributed by atoms with Gasteiger partial charge in [-0.05, 0) is 31.9 Å². The number of rotatable bonds is 5. The van der Waals surface area contributed by atoms with Crippen molar-refractivity contribution in [3.63, 3.8) is 0 Å². The summed E-state index contributed by atoms with van der Waals surface area (Å²) in [6.45, 7) is 4.12. The van der Waals surface area contributed by atoms with E-state index in [2.05, 4.69) is 46.2 Å². The highest BCUT2D eigenvalue weighted by molar-refractivity contribution is 5.66. The zero-order valence-corrected chi connectivity index (χ0v) is 17.1. The van der Waals surface area contributed by atoms with Gasteiger partial charge in [0.05, 0.1) is 17.9 Å². The van der Waals surface area contributed by atoms with Gasteiger partial charge in [-0.3, -0.25) is 9.58 Å². The molecule has 1 aromatic carbocycles. The lowest BCUT2D eigenvalue weighted by Gasteiger charge is -2.26. The van der Waals surface area contributed by atoms with Crippen molar-refractivity contribution < 1.29 is 0 Å². The van der Waals surface area contributed by atoms with Crippen molar-refractivity contribution in [2.24, 2.45) is 7.05 Å². The second-order valence-electron chi connectivity index (χ2n) is 7.74. The monoisotopic (exact) mass is 376 g/mol. The Morgan fingerprint density at radius 1 is 1.14 bits per heavy atom. The first-order valence-electron chi connectivity index (χ1n) is 9.86. The van der Waals surface area contributed by atoms with E-state index in [9.17, 15) is 0 Å². The number of hydrogen-bond acceptors (Lipinski definition) is 5. The number of anilines is 1. The molecule has 1 atom stereocenters. The number of aromatic nitrogens is 4. The highest BCUT2D eigenvalue weighted by Crippen LogP contribution is 2.38. The normalized spacial score (nSPS) is 17.2. The van der Waals surface area contributed by atoms with Gasteiger partial charge in [0.2, 0.25) is 5.95 Å². The van der Waals surface area contributed by atoms with Crippen LogP contribution in [0.1, 0.15) is 35.8 Å². The summed E-state index contributed by atoms with van der Waals surface area (Å²) in [5, 5.41) is 4.42.